The topological polar surface area (TPSA) is 55.4 Å². The van der Waals surface area contributed by atoms with E-state index < -0.39 is 24.3 Å². The Morgan fingerprint density at radius 1 is 1.32 bits per heavy atom. The third-order valence-electron chi connectivity index (χ3n) is 2.80. The molecule has 0 unspecified atom stereocenters. The molecule has 0 aliphatic carbocycles. The molecule has 0 bridgehead atoms. The number of halogens is 2. The van der Waals surface area contributed by atoms with E-state index in [1.54, 1.807) is 13.0 Å². The fourth-order valence-electron chi connectivity index (χ4n) is 1.82. The van der Waals surface area contributed by atoms with Gasteiger partial charge in [0.2, 0.25) is 0 Å². The van der Waals surface area contributed by atoms with Crippen LogP contribution in [0, 0.1) is 19.7 Å². The first kappa shape index (κ1) is 16.5. The molecular formula is C15H13ClFNO3S. The summed E-state index contributed by atoms with van der Waals surface area (Å²) in [5.41, 5.74) is 0.418. The molecule has 0 saturated carbocycles. The van der Waals surface area contributed by atoms with Crippen LogP contribution < -0.4 is 5.32 Å². The maximum Gasteiger partial charge on any atom is 0.339 e. The molecule has 116 valence electrons. The number of ether oxygens (including phenoxy) is 1. The van der Waals surface area contributed by atoms with Crippen molar-refractivity contribution in [1.29, 1.82) is 0 Å². The fraction of sp³-hybridized carbons (Fsp3) is 0.200. The van der Waals surface area contributed by atoms with Crippen molar-refractivity contribution < 1.29 is 18.7 Å². The van der Waals surface area contributed by atoms with E-state index in [9.17, 15) is 14.0 Å². The SMILES string of the molecule is Cc1cc(C(=O)OCC(=O)Nc2ccc(Cl)cc2F)c(C)s1. The Hall–Kier alpha value is -1.92. The van der Waals surface area contributed by atoms with Crippen LogP contribution in [0.25, 0.3) is 0 Å². The molecule has 2 aromatic rings. The van der Waals surface area contributed by atoms with E-state index in [1.807, 2.05) is 6.92 Å². The molecule has 0 radical (unpaired) electrons. The minimum absolute atomic E-state index is 0.0204. The Bertz CT molecular complexity index is 730. The van der Waals surface area contributed by atoms with Gasteiger partial charge >= 0.3 is 5.97 Å². The summed E-state index contributed by atoms with van der Waals surface area (Å²) in [5.74, 6) is -1.86. The van der Waals surface area contributed by atoms with Crippen molar-refractivity contribution in [3.8, 4) is 0 Å². The second-order valence-corrected chi connectivity index (χ2v) is 6.47. The van der Waals surface area contributed by atoms with Crippen LogP contribution in [0.3, 0.4) is 0 Å². The third-order valence-corrected chi connectivity index (χ3v) is 4.00. The van der Waals surface area contributed by atoms with E-state index in [1.165, 1.54) is 23.5 Å². The molecule has 0 fully saturated rings. The van der Waals surface area contributed by atoms with E-state index >= 15 is 0 Å². The highest BCUT2D eigenvalue weighted by Gasteiger charge is 2.15. The van der Waals surface area contributed by atoms with E-state index in [0.29, 0.717) is 5.56 Å². The lowest BCUT2D eigenvalue weighted by Gasteiger charge is -2.07. The van der Waals surface area contributed by atoms with Gasteiger partial charge in [0.15, 0.2) is 6.61 Å². The summed E-state index contributed by atoms with van der Waals surface area (Å²) in [6.07, 6.45) is 0. The van der Waals surface area contributed by atoms with Crippen molar-refractivity contribution in [1.82, 2.24) is 0 Å². The van der Waals surface area contributed by atoms with Gasteiger partial charge < -0.3 is 10.1 Å². The monoisotopic (exact) mass is 341 g/mol. The largest absolute Gasteiger partial charge is 0.452 e. The Labute approximate surface area is 135 Å². The number of carbonyl (C=O) groups is 2. The smallest absolute Gasteiger partial charge is 0.339 e. The molecular weight excluding hydrogens is 329 g/mol. The first-order valence-electron chi connectivity index (χ1n) is 6.36. The number of anilines is 1. The lowest BCUT2D eigenvalue weighted by atomic mass is 10.2. The van der Waals surface area contributed by atoms with Gasteiger partial charge in [-0.3, -0.25) is 4.79 Å². The first-order valence-corrected chi connectivity index (χ1v) is 7.55. The maximum atomic E-state index is 13.5. The predicted octanol–water partition coefficient (Wildman–Crippen LogP) is 3.95. The summed E-state index contributed by atoms with van der Waals surface area (Å²) >= 11 is 7.09. The van der Waals surface area contributed by atoms with Gasteiger partial charge in [-0.05, 0) is 38.1 Å². The molecule has 0 aliphatic heterocycles. The average Bonchev–Trinajstić information content (AvgIpc) is 2.78. The Morgan fingerprint density at radius 3 is 2.64 bits per heavy atom. The van der Waals surface area contributed by atoms with Gasteiger partial charge in [-0.2, -0.15) is 0 Å². The van der Waals surface area contributed by atoms with Gasteiger partial charge in [-0.1, -0.05) is 11.6 Å². The molecule has 0 spiro atoms. The molecule has 22 heavy (non-hydrogen) atoms. The number of hydrogen-bond acceptors (Lipinski definition) is 4. The van der Waals surface area contributed by atoms with E-state index in [2.05, 4.69) is 5.32 Å². The number of amides is 1. The molecule has 1 aromatic heterocycles. The zero-order chi connectivity index (χ0) is 16.3. The number of nitrogens with one attached hydrogen (secondary N) is 1. The van der Waals surface area contributed by atoms with E-state index in [-0.39, 0.29) is 10.7 Å². The Balaban J connectivity index is 1.92. The molecule has 1 amide bonds. The van der Waals surface area contributed by atoms with Crippen LogP contribution in [0.5, 0.6) is 0 Å². The quantitative estimate of drug-likeness (QED) is 0.856. The van der Waals surface area contributed by atoms with Gasteiger partial charge in [0.25, 0.3) is 5.91 Å². The molecule has 0 atom stereocenters. The highest BCUT2D eigenvalue weighted by molar-refractivity contribution is 7.12. The van der Waals surface area contributed by atoms with Crippen molar-refractivity contribution in [2.45, 2.75) is 13.8 Å². The van der Waals surface area contributed by atoms with Crippen LogP contribution in [-0.2, 0) is 9.53 Å². The first-order chi connectivity index (χ1) is 10.4. The molecule has 1 heterocycles. The van der Waals surface area contributed by atoms with Crippen LogP contribution in [0.1, 0.15) is 20.1 Å². The average molecular weight is 342 g/mol. The molecule has 1 N–H and O–H groups in total. The van der Waals surface area contributed by atoms with E-state index in [0.717, 1.165) is 15.8 Å². The van der Waals surface area contributed by atoms with Gasteiger partial charge in [0, 0.05) is 14.8 Å². The molecule has 1 aromatic carbocycles. The van der Waals surface area contributed by atoms with Crippen LogP contribution in [0.4, 0.5) is 10.1 Å². The summed E-state index contributed by atoms with van der Waals surface area (Å²) in [7, 11) is 0. The van der Waals surface area contributed by atoms with Crippen LogP contribution in [-0.4, -0.2) is 18.5 Å². The normalized spacial score (nSPS) is 10.4. The van der Waals surface area contributed by atoms with Crippen molar-refractivity contribution in [3.05, 3.63) is 50.4 Å². The molecule has 0 saturated heterocycles. The molecule has 0 aliphatic rings. The number of thiophene rings is 1. The highest BCUT2D eigenvalue weighted by Crippen LogP contribution is 2.21. The van der Waals surface area contributed by atoms with Gasteiger partial charge in [0.1, 0.15) is 5.82 Å². The van der Waals surface area contributed by atoms with Gasteiger partial charge in [-0.15, -0.1) is 11.3 Å². The minimum Gasteiger partial charge on any atom is -0.452 e. The summed E-state index contributed by atoms with van der Waals surface area (Å²) < 4.78 is 18.5. The second kappa shape index (κ2) is 6.89. The van der Waals surface area contributed by atoms with Crippen LogP contribution in [0.15, 0.2) is 24.3 Å². The Kier molecular flexibility index (Phi) is 5.15. The number of hydrogen-bond donors (Lipinski definition) is 1. The summed E-state index contributed by atoms with van der Waals surface area (Å²) in [4.78, 5) is 25.4. The predicted molar refractivity (Wildman–Crippen MR) is 84.1 cm³/mol. The van der Waals surface area contributed by atoms with E-state index in [4.69, 9.17) is 16.3 Å². The summed E-state index contributed by atoms with van der Waals surface area (Å²) in [6.45, 7) is 3.19. The van der Waals surface area contributed by atoms with Crippen LogP contribution in [0.2, 0.25) is 5.02 Å². The number of esters is 1. The van der Waals surface area contributed by atoms with Crippen molar-refractivity contribution in [2.75, 3.05) is 11.9 Å². The van der Waals surface area contributed by atoms with Gasteiger partial charge in [-0.25, -0.2) is 9.18 Å². The summed E-state index contributed by atoms with van der Waals surface area (Å²) in [5, 5.41) is 2.54. The molecule has 2 rings (SSSR count). The highest BCUT2D eigenvalue weighted by atomic mass is 35.5. The minimum atomic E-state index is -0.656. The maximum absolute atomic E-state index is 13.5. The molecule has 7 heteroatoms. The van der Waals surface area contributed by atoms with Crippen molar-refractivity contribution in [2.24, 2.45) is 0 Å². The number of rotatable bonds is 4. The van der Waals surface area contributed by atoms with Crippen molar-refractivity contribution >= 4 is 40.5 Å². The van der Waals surface area contributed by atoms with Crippen LogP contribution >= 0.6 is 22.9 Å². The zero-order valence-electron chi connectivity index (χ0n) is 11.9. The number of carbonyl (C=O) groups excluding carboxylic acids is 2. The zero-order valence-corrected chi connectivity index (χ0v) is 13.5. The molecule has 4 nitrogen and oxygen atoms in total. The third kappa shape index (κ3) is 4.05. The second-order valence-electron chi connectivity index (χ2n) is 4.58. The fourth-order valence-corrected chi connectivity index (χ4v) is 2.89. The standard InChI is InChI=1S/C15H13ClFNO3S/c1-8-5-11(9(2)22-8)15(20)21-7-14(19)18-13-4-3-10(16)6-12(13)17/h3-6H,7H2,1-2H3,(H,18,19). The summed E-state index contributed by atoms with van der Waals surface area (Å²) in [6, 6.07) is 5.58. The van der Waals surface area contributed by atoms with Gasteiger partial charge in [0.05, 0.1) is 11.3 Å². The Morgan fingerprint density at radius 2 is 2.05 bits per heavy atom. The number of aryl methyl sites for hydroxylation is 2. The number of benzene rings is 1. The van der Waals surface area contributed by atoms with Crippen molar-refractivity contribution in [3.63, 3.8) is 0 Å². The lowest BCUT2D eigenvalue weighted by Crippen LogP contribution is -2.21. The lowest BCUT2D eigenvalue weighted by molar-refractivity contribution is -0.119.